The molecule has 1 rings (SSSR count). The van der Waals surface area contributed by atoms with Crippen LogP contribution in [0.3, 0.4) is 0 Å². The molecule has 0 aliphatic rings. The number of rotatable bonds is 5. The zero-order valence-corrected chi connectivity index (χ0v) is 10.6. The summed E-state index contributed by atoms with van der Waals surface area (Å²) in [7, 11) is -0.864. The van der Waals surface area contributed by atoms with Gasteiger partial charge in [0.2, 0.25) is 0 Å². The molecule has 0 amide bonds. The maximum atomic E-state index is 11.9. The molecule has 16 heavy (non-hydrogen) atoms. The molecule has 3 heteroatoms. The number of hydrogen-bond acceptors (Lipinski definition) is 2. The van der Waals surface area contributed by atoms with Gasteiger partial charge in [0, 0.05) is 22.3 Å². The first kappa shape index (κ1) is 12.9. The quantitative estimate of drug-likeness (QED) is 0.787. The van der Waals surface area contributed by atoms with Gasteiger partial charge in [0.1, 0.15) is 0 Å². The normalized spacial score (nSPS) is 14.1. The molecular weight excluding hydrogens is 218 g/mol. The third-order valence-electron chi connectivity index (χ3n) is 2.62. The van der Waals surface area contributed by atoms with Crippen LogP contribution in [-0.4, -0.2) is 9.96 Å². The minimum Gasteiger partial charge on any atom is -0.259 e. The van der Waals surface area contributed by atoms with Crippen molar-refractivity contribution in [3.05, 3.63) is 35.4 Å². The summed E-state index contributed by atoms with van der Waals surface area (Å²) in [6.07, 6.45) is 1.05. The summed E-state index contributed by atoms with van der Waals surface area (Å²) in [5.74, 6) is 1.69. The third kappa shape index (κ3) is 3.79. The smallest absolute Gasteiger partial charge is 0.0994 e. The molecule has 2 unspecified atom stereocenters. The van der Waals surface area contributed by atoms with Crippen molar-refractivity contribution in [3.63, 3.8) is 0 Å². The van der Waals surface area contributed by atoms with Crippen LogP contribution in [0.5, 0.6) is 0 Å². The number of hydrogen-bond donors (Lipinski definition) is 0. The molecule has 2 nitrogen and oxygen atoms in total. The Morgan fingerprint density at radius 2 is 2.12 bits per heavy atom. The SMILES string of the molecule is CCC(C)CS(=O)Cc1ccccc1C#N. The summed E-state index contributed by atoms with van der Waals surface area (Å²) in [5, 5.41) is 8.91. The van der Waals surface area contributed by atoms with Crippen molar-refractivity contribution in [1.82, 2.24) is 0 Å². The Kier molecular flexibility index (Phi) is 5.21. The standard InChI is InChI=1S/C13H17NOS/c1-3-11(2)9-16(15)10-13-7-5-4-6-12(13)8-14/h4-7,11H,3,9-10H2,1-2H3. The number of benzene rings is 1. The Hall–Kier alpha value is -1.14. The highest BCUT2D eigenvalue weighted by molar-refractivity contribution is 7.84. The lowest BCUT2D eigenvalue weighted by atomic mass is 10.1. The van der Waals surface area contributed by atoms with Gasteiger partial charge in [-0.25, -0.2) is 0 Å². The molecule has 2 atom stereocenters. The lowest BCUT2D eigenvalue weighted by Crippen LogP contribution is -2.09. The van der Waals surface area contributed by atoms with Crippen molar-refractivity contribution in [1.29, 1.82) is 5.26 Å². The van der Waals surface area contributed by atoms with Gasteiger partial charge in [0.05, 0.1) is 11.6 Å². The fourth-order valence-corrected chi connectivity index (χ4v) is 3.01. The van der Waals surface area contributed by atoms with Gasteiger partial charge in [0.15, 0.2) is 0 Å². The highest BCUT2D eigenvalue weighted by atomic mass is 32.2. The van der Waals surface area contributed by atoms with Gasteiger partial charge >= 0.3 is 0 Å². The van der Waals surface area contributed by atoms with Crippen LogP contribution in [0.15, 0.2) is 24.3 Å². The van der Waals surface area contributed by atoms with Crippen LogP contribution in [0.1, 0.15) is 31.4 Å². The average Bonchev–Trinajstić information content (AvgIpc) is 2.29. The molecule has 0 aromatic heterocycles. The summed E-state index contributed by atoms with van der Waals surface area (Å²) in [4.78, 5) is 0. The Morgan fingerprint density at radius 3 is 2.75 bits per heavy atom. The second-order valence-corrected chi connectivity index (χ2v) is 5.53. The van der Waals surface area contributed by atoms with Crippen LogP contribution < -0.4 is 0 Å². The number of nitriles is 1. The molecule has 0 aliphatic carbocycles. The first-order chi connectivity index (χ1) is 7.67. The molecule has 1 aromatic rings. The Labute approximate surface area is 99.8 Å². The minimum absolute atomic E-state index is 0.482. The van der Waals surface area contributed by atoms with Crippen LogP contribution in [-0.2, 0) is 16.6 Å². The molecule has 0 radical (unpaired) electrons. The van der Waals surface area contributed by atoms with E-state index in [4.69, 9.17) is 5.26 Å². The Morgan fingerprint density at radius 1 is 1.44 bits per heavy atom. The highest BCUT2D eigenvalue weighted by Gasteiger charge is 2.09. The average molecular weight is 235 g/mol. The summed E-state index contributed by atoms with van der Waals surface area (Å²) in [6.45, 7) is 4.21. The summed E-state index contributed by atoms with van der Waals surface area (Å²) in [6, 6.07) is 9.51. The Balaban J connectivity index is 2.67. The molecule has 0 heterocycles. The van der Waals surface area contributed by atoms with Crippen molar-refractivity contribution in [2.24, 2.45) is 5.92 Å². The summed E-state index contributed by atoms with van der Waals surface area (Å²) >= 11 is 0. The van der Waals surface area contributed by atoms with Gasteiger partial charge in [0.25, 0.3) is 0 Å². The van der Waals surface area contributed by atoms with Gasteiger partial charge in [-0.2, -0.15) is 5.26 Å². The van der Waals surface area contributed by atoms with E-state index in [0.717, 1.165) is 17.7 Å². The lowest BCUT2D eigenvalue weighted by Gasteiger charge is -2.08. The molecule has 0 N–H and O–H groups in total. The molecule has 0 fully saturated rings. The van der Waals surface area contributed by atoms with Crippen LogP contribution >= 0.6 is 0 Å². The van der Waals surface area contributed by atoms with Crippen LogP contribution in [0.25, 0.3) is 0 Å². The third-order valence-corrected chi connectivity index (χ3v) is 4.20. The molecule has 1 aromatic carbocycles. The topological polar surface area (TPSA) is 40.9 Å². The first-order valence-electron chi connectivity index (χ1n) is 5.50. The van der Waals surface area contributed by atoms with Gasteiger partial charge in [-0.3, -0.25) is 4.21 Å². The van der Waals surface area contributed by atoms with Crippen LogP contribution in [0, 0.1) is 17.2 Å². The van der Waals surface area contributed by atoms with E-state index in [1.54, 1.807) is 6.07 Å². The van der Waals surface area contributed by atoms with E-state index in [9.17, 15) is 4.21 Å². The zero-order chi connectivity index (χ0) is 12.0. The molecule has 0 spiro atoms. The monoisotopic (exact) mass is 235 g/mol. The van der Waals surface area contributed by atoms with Crippen molar-refractivity contribution in [2.75, 3.05) is 5.75 Å². The maximum Gasteiger partial charge on any atom is 0.0994 e. The van der Waals surface area contributed by atoms with Crippen LogP contribution in [0.2, 0.25) is 0 Å². The van der Waals surface area contributed by atoms with E-state index in [1.807, 2.05) is 18.2 Å². The maximum absolute atomic E-state index is 11.9. The largest absolute Gasteiger partial charge is 0.259 e. The van der Waals surface area contributed by atoms with E-state index < -0.39 is 10.8 Å². The van der Waals surface area contributed by atoms with Crippen LogP contribution in [0.4, 0.5) is 0 Å². The van der Waals surface area contributed by atoms with Crippen molar-refractivity contribution < 1.29 is 4.21 Å². The summed E-state index contributed by atoms with van der Waals surface area (Å²) in [5.41, 5.74) is 1.53. The second-order valence-electron chi connectivity index (χ2n) is 4.03. The van der Waals surface area contributed by atoms with E-state index in [1.165, 1.54) is 0 Å². The van der Waals surface area contributed by atoms with E-state index in [-0.39, 0.29) is 0 Å². The van der Waals surface area contributed by atoms with Crippen molar-refractivity contribution in [2.45, 2.75) is 26.0 Å². The van der Waals surface area contributed by atoms with Gasteiger partial charge < -0.3 is 0 Å². The highest BCUT2D eigenvalue weighted by Crippen LogP contribution is 2.12. The molecule has 86 valence electrons. The molecule has 0 bridgehead atoms. The summed E-state index contributed by atoms with van der Waals surface area (Å²) < 4.78 is 11.9. The van der Waals surface area contributed by atoms with E-state index >= 15 is 0 Å². The second kappa shape index (κ2) is 6.44. The van der Waals surface area contributed by atoms with Gasteiger partial charge in [-0.1, -0.05) is 38.5 Å². The molecule has 0 saturated carbocycles. The zero-order valence-electron chi connectivity index (χ0n) is 9.77. The van der Waals surface area contributed by atoms with Crippen molar-refractivity contribution >= 4 is 10.8 Å². The van der Waals surface area contributed by atoms with E-state index in [2.05, 4.69) is 19.9 Å². The van der Waals surface area contributed by atoms with Gasteiger partial charge in [-0.05, 0) is 17.5 Å². The fraction of sp³-hybridized carbons (Fsp3) is 0.462. The molecule has 0 aliphatic heterocycles. The fourth-order valence-electron chi connectivity index (χ4n) is 1.42. The minimum atomic E-state index is -0.864. The van der Waals surface area contributed by atoms with Gasteiger partial charge in [-0.15, -0.1) is 0 Å². The Bertz CT molecular complexity index is 409. The molecular formula is C13H17NOS. The van der Waals surface area contributed by atoms with E-state index in [0.29, 0.717) is 17.2 Å². The van der Waals surface area contributed by atoms with Crippen molar-refractivity contribution in [3.8, 4) is 6.07 Å². The molecule has 0 saturated heterocycles. The lowest BCUT2D eigenvalue weighted by molar-refractivity contribution is 0.615. The number of nitrogens with zero attached hydrogens (tertiary/aromatic N) is 1. The predicted molar refractivity (Wildman–Crippen MR) is 67.3 cm³/mol. The first-order valence-corrected chi connectivity index (χ1v) is 6.99. The predicted octanol–water partition coefficient (Wildman–Crippen LogP) is 2.85.